The molecule has 0 aliphatic carbocycles. The van der Waals surface area contributed by atoms with Gasteiger partial charge in [0, 0.05) is 5.33 Å². The second kappa shape index (κ2) is 3.83. The summed E-state index contributed by atoms with van der Waals surface area (Å²) < 4.78 is 12.8. The molecule has 0 aliphatic heterocycles. The standard InChI is InChI=1S/C8H8BrFO/c9-4-7-3-6(5-11)1-2-8(7)10/h1-3,11H,4-5H2. The minimum atomic E-state index is -0.237. The number of benzene rings is 1. The predicted molar refractivity (Wildman–Crippen MR) is 45.0 cm³/mol. The first-order valence-electron chi connectivity index (χ1n) is 3.22. The Labute approximate surface area is 73.0 Å². The molecule has 11 heavy (non-hydrogen) atoms. The van der Waals surface area contributed by atoms with E-state index in [1.54, 1.807) is 12.1 Å². The van der Waals surface area contributed by atoms with E-state index in [2.05, 4.69) is 15.9 Å². The summed E-state index contributed by atoms with van der Waals surface area (Å²) in [4.78, 5) is 0. The predicted octanol–water partition coefficient (Wildman–Crippen LogP) is 2.21. The Morgan fingerprint density at radius 1 is 1.45 bits per heavy atom. The van der Waals surface area contributed by atoms with Gasteiger partial charge in [0.05, 0.1) is 6.61 Å². The molecule has 0 spiro atoms. The van der Waals surface area contributed by atoms with Gasteiger partial charge in [-0.2, -0.15) is 0 Å². The first-order valence-corrected chi connectivity index (χ1v) is 4.34. The van der Waals surface area contributed by atoms with Gasteiger partial charge in [0.2, 0.25) is 0 Å². The van der Waals surface area contributed by atoms with Crippen molar-refractivity contribution in [2.45, 2.75) is 11.9 Å². The van der Waals surface area contributed by atoms with Crippen molar-refractivity contribution in [2.24, 2.45) is 0 Å². The lowest BCUT2D eigenvalue weighted by Gasteiger charge is -2.00. The first kappa shape index (κ1) is 8.68. The molecule has 0 aromatic heterocycles. The van der Waals surface area contributed by atoms with Crippen LogP contribution < -0.4 is 0 Å². The van der Waals surface area contributed by atoms with Crippen LogP contribution in [-0.2, 0) is 11.9 Å². The molecular weight excluding hydrogens is 211 g/mol. The molecule has 1 aromatic carbocycles. The van der Waals surface area contributed by atoms with Crippen LogP contribution in [0.2, 0.25) is 0 Å². The van der Waals surface area contributed by atoms with E-state index in [4.69, 9.17) is 5.11 Å². The molecule has 0 heterocycles. The molecule has 0 saturated heterocycles. The number of halogens is 2. The van der Waals surface area contributed by atoms with Crippen molar-refractivity contribution in [3.05, 3.63) is 35.1 Å². The zero-order valence-corrected chi connectivity index (χ0v) is 7.44. The lowest BCUT2D eigenvalue weighted by molar-refractivity contribution is 0.281. The Morgan fingerprint density at radius 2 is 2.18 bits per heavy atom. The van der Waals surface area contributed by atoms with Crippen molar-refractivity contribution in [2.75, 3.05) is 0 Å². The van der Waals surface area contributed by atoms with Gasteiger partial charge < -0.3 is 5.11 Å². The summed E-state index contributed by atoms with van der Waals surface area (Å²) in [5.41, 5.74) is 1.32. The van der Waals surface area contributed by atoms with E-state index in [9.17, 15) is 4.39 Å². The quantitative estimate of drug-likeness (QED) is 0.756. The summed E-state index contributed by atoms with van der Waals surface area (Å²) in [6, 6.07) is 4.58. The molecule has 0 amide bonds. The van der Waals surface area contributed by atoms with Gasteiger partial charge in [0.1, 0.15) is 5.82 Å². The largest absolute Gasteiger partial charge is 0.392 e. The minimum absolute atomic E-state index is 0.0414. The average Bonchev–Trinajstić information content (AvgIpc) is 2.05. The Morgan fingerprint density at radius 3 is 2.73 bits per heavy atom. The van der Waals surface area contributed by atoms with Crippen molar-refractivity contribution >= 4 is 15.9 Å². The van der Waals surface area contributed by atoms with E-state index in [-0.39, 0.29) is 12.4 Å². The highest BCUT2D eigenvalue weighted by molar-refractivity contribution is 9.08. The van der Waals surface area contributed by atoms with E-state index in [0.29, 0.717) is 10.9 Å². The summed E-state index contributed by atoms with van der Waals surface area (Å²) in [5, 5.41) is 9.19. The molecular formula is C8H8BrFO. The second-order valence-corrected chi connectivity index (χ2v) is 2.78. The van der Waals surface area contributed by atoms with Crippen molar-refractivity contribution in [3.8, 4) is 0 Å². The summed E-state index contributed by atoms with van der Waals surface area (Å²) in [6.45, 7) is -0.0414. The highest BCUT2D eigenvalue weighted by Crippen LogP contribution is 2.13. The maximum Gasteiger partial charge on any atom is 0.127 e. The van der Waals surface area contributed by atoms with Crippen LogP contribution >= 0.6 is 15.9 Å². The number of hydrogen-bond donors (Lipinski definition) is 1. The van der Waals surface area contributed by atoms with Crippen LogP contribution in [0.4, 0.5) is 4.39 Å². The molecule has 60 valence electrons. The first-order chi connectivity index (χ1) is 5.27. The molecule has 1 nitrogen and oxygen atoms in total. The summed E-state index contributed by atoms with van der Waals surface area (Å²) in [7, 11) is 0. The molecule has 0 saturated carbocycles. The van der Waals surface area contributed by atoms with Gasteiger partial charge in [-0.25, -0.2) is 4.39 Å². The van der Waals surface area contributed by atoms with Crippen LogP contribution in [0, 0.1) is 5.82 Å². The molecule has 1 N–H and O–H groups in total. The van der Waals surface area contributed by atoms with Crippen LogP contribution in [0.5, 0.6) is 0 Å². The lowest BCUT2D eigenvalue weighted by atomic mass is 10.1. The number of aliphatic hydroxyl groups excluding tert-OH is 1. The Hall–Kier alpha value is -0.410. The van der Waals surface area contributed by atoms with Gasteiger partial charge in [0.25, 0.3) is 0 Å². The summed E-state index contributed by atoms with van der Waals surface area (Å²) in [5.74, 6) is -0.237. The lowest BCUT2D eigenvalue weighted by Crippen LogP contribution is -1.89. The number of hydrogen-bond acceptors (Lipinski definition) is 1. The smallest absolute Gasteiger partial charge is 0.127 e. The molecule has 0 radical (unpaired) electrons. The minimum Gasteiger partial charge on any atom is -0.392 e. The van der Waals surface area contributed by atoms with Crippen molar-refractivity contribution < 1.29 is 9.50 Å². The molecule has 0 aliphatic rings. The van der Waals surface area contributed by atoms with Crippen molar-refractivity contribution in [1.29, 1.82) is 0 Å². The van der Waals surface area contributed by atoms with Crippen LogP contribution in [0.1, 0.15) is 11.1 Å². The molecule has 0 unspecified atom stereocenters. The third-order valence-electron chi connectivity index (χ3n) is 1.44. The second-order valence-electron chi connectivity index (χ2n) is 2.22. The fourth-order valence-electron chi connectivity index (χ4n) is 0.829. The van der Waals surface area contributed by atoms with E-state index in [0.717, 1.165) is 5.56 Å². The van der Waals surface area contributed by atoms with Crippen molar-refractivity contribution in [1.82, 2.24) is 0 Å². The van der Waals surface area contributed by atoms with Crippen LogP contribution in [0.25, 0.3) is 0 Å². The van der Waals surface area contributed by atoms with Gasteiger partial charge >= 0.3 is 0 Å². The Balaban J connectivity index is 3.02. The topological polar surface area (TPSA) is 20.2 Å². The van der Waals surface area contributed by atoms with Gasteiger partial charge in [-0.15, -0.1) is 0 Å². The molecule has 0 fully saturated rings. The SMILES string of the molecule is OCc1ccc(F)c(CBr)c1. The molecule has 1 rings (SSSR count). The van der Waals surface area contributed by atoms with Gasteiger partial charge in [-0.1, -0.05) is 22.0 Å². The van der Waals surface area contributed by atoms with Gasteiger partial charge in [-0.05, 0) is 23.3 Å². The zero-order chi connectivity index (χ0) is 8.27. The van der Waals surface area contributed by atoms with Gasteiger partial charge in [-0.3, -0.25) is 0 Å². The summed E-state index contributed by atoms with van der Waals surface area (Å²) in [6.07, 6.45) is 0. The van der Waals surface area contributed by atoms with Gasteiger partial charge in [0.15, 0.2) is 0 Å². The van der Waals surface area contributed by atoms with E-state index in [1.165, 1.54) is 6.07 Å². The zero-order valence-electron chi connectivity index (χ0n) is 5.85. The van der Waals surface area contributed by atoms with E-state index in [1.807, 2.05) is 0 Å². The fraction of sp³-hybridized carbons (Fsp3) is 0.250. The Bertz CT molecular complexity index is 250. The van der Waals surface area contributed by atoms with E-state index >= 15 is 0 Å². The maximum atomic E-state index is 12.8. The van der Waals surface area contributed by atoms with Crippen LogP contribution in [0.15, 0.2) is 18.2 Å². The highest BCUT2D eigenvalue weighted by atomic mass is 79.9. The monoisotopic (exact) mass is 218 g/mol. The maximum absolute atomic E-state index is 12.8. The van der Waals surface area contributed by atoms with Crippen LogP contribution in [-0.4, -0.2) is 5.11 Å². The normalized spacial score (nSPS) is 10.1. The Kier molecular flexibility index (Phi) is 3.02. The average molecular weight is 219 g/mol. The third kappa shape index (κ3) is 2.01. The number of alkyl halides is 1. The van der Waals surface area contributed by atoms with E-state index < -0.39 is 0 Å². The number of aliphatic hydroxyl groups is 1. The third-order valence-corrected chi connectivity index (χ3v) is 2.04. The fourth-order valence-corrected chi connectivity index (χ4v) is 1.26. The molecule has 0 atom stereocenters. The van der Waals surface area contributed by atoms with Crippen LogP contribution in [0.3, 0.4) is 0 Å². The highest BCUT2D eigenvalue weighted by Gasteiger charge is 2.00. The molecule has 0 bridgehead atoms. The summed E-state index contributed by atoms with van der Waals surface area (Å²) >= 11 is 3.15. The molecule has 1 aromatic rings. The number of rotatable bonds is 2. The molecule has 3 heteroatoms. The van der Waals surface area contributed by atoms with Crippen molar-refractivity contribution in [3.63, 3.8) is 0 Å².